The Morgan fingerprint density at radius 3 is 3.00 bits per heavy atom. The summed E-state index contributed by atoms with van der Waals surface area (Å²) in [4.78, 5) is 6.29. The first-order valence-corrected chi connectivity index (χ1v) is 4.18. The molecule has 1 aromatic heterocycles. The molecule has 0 spiro atoms. The summed E-state index contributed by atoms with van der Waals surface area (Å²) in [6.07, 6.45) is 4.11. The molecule has 0 unspecified atom stereocenters. The van der Waals surface area contributed by atoms with Crippen LogP contribution in [0.3, 0.4) is 0 Å². The number of rotatable bonds is 3. The van der Waals surface area contributed by atoms with Gasteiger partial charge in [0.05, 0.1) is 5.69 Å². The normalized spacial score (nSPS) is 16.5. The van der Waals surface area contributed by atoms with Crippen LogP contribution in [0.15, 0.2) is 10.7 Å². The first-order valence-electron chi connectivity index (χ1n) is 4.18. The zero-order valence-electron chi connectivity index (χ0n) is 7.16. The summed E-state index contributed by atoms with van der Waals surface area (Å²) in [5.41, 5.74) is 6.23. The summed E-state index contributed by atoms with van der Waals surface area (Å²) in [6.45, 7) is 0.446. The highest BCUT2D eigenvalue weighted by Gasteiger charge is 2.28. The number of oxazole rings is 1. The van der Waals surface area contributed by atoms with Crippen molar-refractivity contribution < 1.29 is 4.42 Å². The number of aromatic nitrogens is 1. The smallest absolute Gasteiger partial charge is 0.297 e. The van der Waals surface area contributed by atoms with Crippen LogP contribution in [-0.2, 0) is 6.54 Å². The van der Waals surface area contributed by atoms with E-state index in [1.807, 2.05) is 7.05 Å². The van der Waals surface area contributed by atoms with Crippen LogP contribution >= 0.6 is 0 Å². The number of hydrogen-bond acceptors (Lipinski definition) is 4. The Kier molecular flexibility index (Phi) is 1.77. The fraction of sp³-hybridized carbons (Fsp3) is 0.625. The molecular formula is C8H13N3O. The fourth-order valence-corrected chi connectivity index (χ4v) is 1.17. The van der Waals surface area contributed by atoms with Crippen LogP contribution in [0, 0.1) is 0 Å². The Morgan fingerprint density at radius 2 is 2.50 bits per heavy atom. The summed E-state index contributed by atoms with van der Waals surface area (Å²) >= 11 is 0. The molecule has 0 atom stereocenters. The first-order chi connectivity index (χ1) is 5.81. The largest absolute Gasteiger partial charge is 0.432 e. The molecule has 2 rings (SSSR count). The SMILES string of the molecule is CN(c1nc(CN)co1)C1CC1. The fourth-order valence-electron chi connectivity index (χ4n) is 1.17. The minimum Gasteiger partial charge on any atom is -0.432 e. The molecule has 1 aliphatic carbocycles. The lowest BCUT2D eigenvalue weighted by molar-refractivity contribution is 0.543. The van der Waals surface area contributed by atoms with E-state index in [9.17, 15) is 0 Å². The van der Waals surface area contributed by atoms with E-state index in [0.29, 0.717) is 18.6 Å². The topological polar surface area (TPSA) is 55.3 Å². The Labute approximate surface area is 71.4 Å². The average molecular weight is 167 g/mol. The van der Waals surface area contributed by atoms with Gasteiger partial charge in [-0.2, -0.15) is 4.98 Å². The van der Waals surface area contributed by atoms with Gasteiger partial charge in [-0.1, -0.05) is 0 Å². The van der Waals surface area contributed by atoms with Gasteiger partial charge >= 0.3 is 0 Å². The molecule has 0 aliphatic heterocycles. The van der Waals surface area contributed by atoms with E-state index in [0.717, 1.165) is 5.69 Å². The van der Waals surface area contributed by atoms with Crippen molar-refractivity contribution >= 4 is 6.01 Å². The average Bonchev–Trinajstić information content (AvgIpc) is 2.82. The quantitative estimate of drug-likeness (QED) is 0.721. The second-order valence-electron chi connectivity index (χ2n) is 3.17. The van der Waals surface area contributed by atoms with Crippen LogP contribution in [0.5, 0.6) is 0 Å². The second kappa shape index (κ2) is 2.79. The van der Waals surface area contributed by atoms with Gasteiger partial charge in [0.15, 0.2) is 0 Å². The molecule has 1 heterocycles. The maximum Gasteiger partial charge on any atom is 0.297 e. The maximum atomic E-state index is 5.41. The van der Waals surface area contributed by atoms with Crippen molar-refractivity contribution in [1.29, 1.82) is 0 Å². The first kappa shape index (κ1) is 7.61. The van der Waals surface area contributed by atoms with Crippen LogP contribution in [0.25, 0.3) is 0 Å². The van der Waals surface area contributed by atoms with Gasteiger partial charge < -0.3 is 15.1 Å². The van der Waals surface area contributed by atoms with Crippen molar-refractivity contribution in [3.05, 3.63) is 12.0 Å². The number of anilines is 1. The van der Waals surface area contributed by atoms with Gasteiger partial charge in [-0.3, -0.25) is 0 Å². The van der Waals surface area contributed by atoms with Gasteiger partial charge in [0.2, 0.25) is 0 Å². The Morgan fingerprint density at radius 1 is 1.75 bits per heavy atom. The minimum absolute atomic E-state index is 0.446. The molecule has 1 aromatic rings. The van der Waals surface area contributed by atoms with Crippen LogP contribution in [0.4, 0.5) is 6.01 Å². The highest BCUT2D eigenvalue weighted by Crippen LogP contribution is 2.29. The van der Waals surface area contributed by atoms with Crippen LogP contribution in [-0.4, -0.2) is 18.1 Å². The molecule has 0 bridgehead atoms. The molecule has 1 aliphatic rings. The molecule has 2 N–H and O–H groups in total. The Bertz CT molecular complexity index is 267. The number of nitrogens with zero attached hydrogens (tertiary/aromatic N) is 2. The van der Waals surface area contributed by atoms with E-state index in [4.69, 9.17) is 10.2 Å². The van der Waals surface area contributed by atoms with Crippen molar-refractivity contribution in [1.82, 2.24) is 4.98 Å². The lowest BCUT2D eigenvalue weighted by atomic mass is 10.5. The third kappa shape index (κ3) is 1.30. The summed E-state index contributed by atoms with van der Waals surface area (Å²) in [5, 5.41) is 0. The third-order valence-corrected chi connectivity index (χ3v) is 2.15. The van der Waals surface area contributed by atoms with Crippen LogP contribution in [0.1, 0.15) is 18.5 Å². The third-order valence-electron chi connectivity index (χ3n) is 2.15. The Balaban J connectivity index is 2.10. The van der Waals surface area contributed by atoms with Gasteiger partial charge in [-0.25, -0.2) is 0 Å². The molecule has 0 radical (unpaired) electrons. The van der Waals surface area contributed by atoms with Gasteiger partial charge in [0.1, 0.15) is 6.26 Å². The highest BCUT2D eigenvalue weighted by molar-refractivity contribution is 5.29. The van der Waals surface area contributed by atoms with Crippen molar-refractivity contribution in [2.24, 2.45) is 5.73 Å². The van der Waals surface area contributed by atoms with Crippen molar-refractivity contribution in [2.45, 2.75) is 25.4 Å². The summed E-state index contributed by atoms with van der Waals surface area (Å²) < 4.78 is 5.25. The highest BCUT2D eigenvalue weighted by atomic mass is 16.4. The lowest BCUT2D eigenvalue weighted by Crippen LogP contribution is -2.19. The van der Waals surface area contributed by atoms with Crippen molar-refractivity contribution in [2.75, 3.05) is 11.9 Å². The standard InChI is InChI=1S/C8H13N3O/c1-11(7-2-3-7)8-10-6(4-9)5-12-8/h5,7H,2-4,9H2,1H3. The van der Waals surface area contributed by atoms with Crippen LogP contribution < -0.4 is 10.6 Å². The summed E-state index contributed by atoms with van der Waals surface area (Å²) in [6, 6.07) is 1.33. The van der Waals surface area contributed by atoms with Crippen molar-refractivity contribution in [3.63, 3.8) is 0 Å². The number of hydrogen-bond donors (Lipinski definition) is 1. The van der Waals surface area contributed by atoms with Crippen molar-refractivity contribution in [3.8, 4) is 0 Å². The second-order valence-corrected chi connectivity index (χ2v) is 3.17. The molecule has 4 nitrogen and oxygen atoms in total. The van der Waals surface area contributed by atoms with E-state index < -0.39 is 0 Å². The maximum absolute atomic E-state index is 5.41. The van der Waals surface area contributed by atoms with Gasteiger partial charge in [-0.15, -0.1) is 0 Å². The zero-order chi connectivity index (χ0) is 8.55. The monoisotopic (exact) mass is 167 g/mol. The Hall–Kier alpha value is -1.03. The molecule has 0 saturated heterocycles. The predicted octanol–water partition coefficient (Wildman–Crippen LogP) is 0.732. The van der Waals surface area contributed by atoms with Gasteiger partial charge in [0.25, 0.3) is 6.01 Å². The minimum atomic E-state index is 0.446. The molecule has 12 heavy (non-hydrogen) atoms. The number of nitrogens with two attached hydrogens (primary N) is 1. The van der Waals surface area contributed by atoms with E-state index in [2.05, 4.69) is 9.88 Å². The van der Waals surface area contributed by atoms with E-state index in [1.165, 1.54) is 12.8 Å². The predicted molar refractivity (Wildman–Crippen MR) is 45.8 cm³/mol. The van der Waals surface area contributed by atoms with E-state index >= 15 is 0 Å². The van der Waals surface area contributed by atoms with Gasteiger partial charge in [0, 0.05) is 19.6 Å². The summed E-state index contributed by atoms with van der Waals surface area (Å²) in [7, 11) is 2.00. The zero-order valence-corrected chi connectivity index (χ0v) is 7.16. The molecule has 0 amide bonds. The molecule has 66 valence electrons. The molecule has 1 fully saturated rings. The molecule has 1 saturated carbocycles. The molecule has 0 aromatic carbocycles. The molecular weight excluding hydrogens is 154 g/mol. The van der Waals surface area contributed by atoms with Crippen LogP contribution in [0.2, 0.25) is 0 Å². The van der Waals surface area contributed by atoms with E-state index in [1.54, 1.807) is 6.26 Å². The van der Waals surface area contributed by atoms with Gasteiger partial charge in [-0.05, 0) is 12.8 Å². The summed E-state index contributed by atoms with van der Waals surface area (Å²) in [5.74, 6) is 0. The lowest BCUT2D eigenvalue weighted by Gasteiger charge is -2.11. The van der Waals surface area contributed by atoms with E-state index in [-0.39, 0.29) is 0 Å². The molecule has 4 heteroatoms.